The van der Waals surface area contributed by atoms with Crippen LogP contribution in [0.1, 0.15) is 17.2 Å². The number of Topliss-reactive ketones (excluding diaryl/α,β-unsaturated/α-hetero) is 1. The molecule has 1 fully saturated rings. The van der Waals surface area contributed by atoms with Gasteiger partial charge in [0.05, 0.1) is 18.7 Å². The largest absolute Gasteiger partial charge is 0.507 e. The molecule has 0 bridgehead atoms. The van der Waals surface area contributed by atoms with Gasteiger partial charge in [-0.1, -0.05) is 64.5 Å². The summed E-state index contributed by atoms with van der Waals surface area (Å²) in [6, 6.07) is 22.3. The number of rotatable bonds is 4. The van der Waals surface area contributed by atoms with Crippen LogP contribution in [0.15, 0.2) is 88.9 Å². The lowest BCUT2D eigenvalue weighted by Crippen LogP contribution is -2.29. The molecule has 0 aromatic heterocycles. The van der Waals surface area contributed by atoms with Gasteiger partial charge in [0.2, 0.25) is 0 Å². The Morgan fingerprint density at radius 2 is 1.67 bits per heavy atom. The molecule has 6 heteroatoms. The SMILES string of the molecule is COc1cccc(N2C(=O)C(=O)C(=C(O)c3ccccc3)C2c2ccc(Br)cc2)c1. The topological polar surface area (TPSA) is 66.8 Å². The number of hydrogen-bond donors (Lipinski definition) is 1. The van der Waals surface area contributed by atoms with Crippen LogP contribution in [-0.2, 0) is 9.59 Å². The van der Waals surface area contributed by atoms with Crippen LogP contribution in [0.3, 0.4) is 0 Å². The molecule has 1 heterocycles. The highest BCUT2D eigenvalue weighted by molar-refractivity contribution is 9.10. The van der Waals surface area contributed by atoms with E-state index in [-0.39, 0.29) is 11.3 Å². The minimum Gasteiger partial charge on any atom is -0.507 e. The van der Waals surface area contributed by atoms with Gasteiger partial charge in [0.1, 0.15) is 11.5 Å². The Morgan fingerprint density at radius 1 is 0.967 bits per heavy atom. The summed E-state index contributed by atoms with van der Waals surface area (Å²) in [5.41, 5.74) is 1.74. The number of halogens is 1. The predicted octanol–water partition coefficient (Wildman–Crippen LogP) is 5.08. The van der Waals surface area contributed by atoms with Crippen molar-refractivity contribution in [2.24, 2.45) is 0 Å². The van der Waals surface area contributed by atoms with Crippen molar-refractivity contribution in [3.8, 4) is 5.75 Å². The Hall–Kier alpha value is -3.38. The standard InChI is InChI=1S/C24H18BrNO4/c1-30-19-9-5-8-18(14-19)26-21(15-10-12-17(25)13-11-15)20(23(28)24(26)29)22(27)16-6-3-2-4-7-16/h2-14,21,27H,1H3. The molecule has 1 N–H and O–H groups in total. The lowest BCUT2D eigenvalue weighted by atomic mass is 9.95. The number of amides is 1. The summed E-state index contributed by atoms with van der Waals surface area (Å²) in [4.78, 5) is 27.5. The van der Waals surface area contributed by atoms with Crippen LogP contribution >= 0.6 is 15.9 Å². The maximum atomic E-state index is 13.1. The third kappa shape index (κ3) is 3.50. The van der Waals surface area contributed by atoms with Gasteiger partial charge in [0, 0.05) is 21.8 Å². The normalized spacial score (nSPS) is 17.9. The van der Waals surface area contributed by atoms with E-state index in [4.69, 9.17) is 4.74 Å². The van der Waals surface area contributed by atoms with Gasteiger partial charge in [-0.15, -0.1) is 0 Å². The van der Waals surface area contributed by atoms with E-state index in [9.17, 15) is 14.7 Å². The second-order valence-electron chi connectivity index (χ2n) is 6.79. The molecule has 0 spiro atoms. The molecule has 3 aromatic carbocycles. The average molecular weight is 464 g/mol. The number of nitrogens with zero attached hydrogens (tertiary/aromatic N) is 1. The van der Waals surface area contributed by atoms with Crippen molar-refractivity contribution in [2.75, 3.05) is 12.0 Å². The molecule has 4 rings (SSSR count). The Morgan fingerprint density at radius 3 is 2.33 bits per heavy atom. The van der Waals surface area contributed by atoms with Gasteiger partial charge in [-0.25, -0.2) is 0 Å². The quantitative estimate of drug-likeness (QED) is 0.332. The summed E-state index contributed by atoms with van der Waals surface area (Å²) < 4.78 is 6.15. The number of hydrogen-bond acceptors (Lipinski definition) is 4. The minimum atomic E-state index is -0.773. The van der Waals surface area contributed by atoms with Crippen LogP contribution in [0.2, 0.25) is 0 Å². The Kier molecular flexibility index (Phi) is 5.42. The second-order valence-corrected chi connectivity index (χ2v) is 7.70. The first-order valence-electron chi connectivity index (χ1n) is 9.27. The summed E-state index contributed by atoms with van der Waals surface area (Å²) in [6.07, 6.45) is 0. The molecule has 1 aliphatic rings. The molecule has 1 atom stereocenters. The van der Waals surface area contributed by atoms with Crippen LogP contribution in [0, 0.1) is 0 Å². The first-order valence-corrected chi connectivity index (χ1v) is 10.1. The maximum Gasteiger partial charge on any atom is 0.300 e. The average Bonchev–Trinajstić information content (AvgIpc) is 3.05. The van der Waals surface area contributed by atoms with Crippen LogP contribution in [-0.4, -0.2) is 23.9 Å². The molecular weight excluding hydrogens is 446 g/mol. The molecule has 5 nitrogen and oxygen atoms in total. The van der Waals surface area contributed by atoms with Crippen LogP contribution in [0.25, 0.3) is 5.76 Å². The lowest BCUT2D eigenvalue weighted by Gasteiger charge is -2.25. The van der Waals surface area contributed by atoms with Crippen LogP contribution in [0.5, 0.6) is 5.75 Å². The number of carbonyl (C=O) groups excluding carboxylic acids is 2. The number of aliphatic hydroxyl groups excluding tert-OH is 1. The molecule has 1 saturated heterocycles. The van der Waals surface area contributed by atoms with E-state index in [0.717, 1.165) is 4.47 Å². The van der Waals surface area contributed by atoms with E-state index in [2.05, 4.69) is 15.9 Å². The fourth-order valence-corrected chi connectivity index (χ4v) is 3.84. The molecule has 0 saturated carbocycles. The van der Waals surface area contributed by atoms with Crippen molar-refractivity contribution >= 4 is 39.1 Å². The van der Waals surface area contributed by atoms with E-state index in [1.165, 1.54) is 12.0 Å². The number of anilines is 1. The number of aliphatic hydroxyl groups is 1. The first-order chi connectivity index (χ1) is 14.5. The number of carbonyl (C=O) groups is 2. The smallest absolute Gasteiger partial charge is 0.300 e. The Bertz CT molecular complexity index is 1140. The van der Waals surface area contributed by atoms with E-state index < -0.39 is 17.7 Å². The zero-order chi connectivity index (χ0) is 21.3. The fraction of sp³-hybridized carbons (Fsp3) is 0.0833. The zero-order valence-electron chi connectivity index (χ0n) is 16.1. The molecule has 30 heavy (non-hydrogen) atoms. The minimum absolute atomic E-state index is 0.0522. The van der Waals surface area contributed by atoms with Crippen molar-refractivity contribution in [1.82, 2.24) is 0 Å². The highest BCUT2D eigenvalue weighted by Gasteiger charge is 2.47. The highest BCUT2D eigenvalue weighted by atomic mass is 79.9. The molecule has 3 aromatic rings. The van der Waals surface area contributed by atoms with E-state index in [0.29, 0.717) is 22.6 Å². The van der Waals surface area contributed by atoms with Gasteiger partial charge in [0.25, 0.3) is 11.7 Å². The lowest BCUT2D eigenvalue weighted by molar-refractivity contribution is -0.132. The van der Waals surface area contributed by atoms with Gasteiger partial charge in [-0.2, -0.15) is 0 Å². The molecule has 0 aliphatic carbocycles. The Labute approximate surface area is 182 Å². The molecule has 0 radical (unpaired) electrons. The third-order valence-electron chi connectivity index (χ3n) is 5.01. The zero-order valence-corrected chi connectivity index (χ0v) is 17.7. The van der Waals surface area contributed by atoms with Crippen molar-refractivity contribution in [2.45, 2.75) is 6.04 Å². The van der Waals surface area contributed by atoms with Gasteiger partial charge in [0.15, 0.2) is 0 Å². The monoisotopic (exact) mass is 463 g/mol. The molecule has 1 amide bonds. The van der Waals surface area contributed by atoms with Crippen molar-refractivity contribution in [1.29, 1.82) is 0 Å². The molecule has 150 valence electrons. The van der Waals surface area contributed by atoms with Gasteiger partial charge >= 0.3 is 0 Å². The number of ketones is 1. The van der Waals surface area contributed by atoms with Crippen molar-refractivity contribution < 1.29 is 19.4 Å². The molecule has 1 aliphatic heterocycles. The van der Waals surface area contributed by atoms with E-state index in [1.807, 2.05) is 30.3 Å². The van der Waals surface area contributed by atoms with Crippen molar-refractivity contribution in [3.05, 3.63) is 100 Å². The maximum absolute atomic E-state index is 13.1. The first kappa shape index (κ1) is 19.9. The number of ether oxygens (including phenoxy) is 1. The summed E-state index contributed by atoms with van der Waals surface area (Å²) >= 11 is 3.41. The number of benzene rings is 3. The summed E-state index contributed by atoms with van der Waals surface area (Å²) in [5.74, 6) is -1.07. The number of methoxy groups -OCH3 is 1. The Balaban J connectivity index is 1.94. The summed E-state index contributed by atoms with van der Waals surface area (Å²) in [5, 5.41) is 11.0. The third-order valence-corrected chi connectivity index (χ3v) is 5.54. The van der Waals surface area contributed by atoms with E-state index in [1.54, 1.807) is 48.5 Å². The van der Waals surface area contributed by atoms with Gasteiger partial charge in [-0.3, -0.25) is 14.5 Å². The molecule has 1 unspecified atom stereocenters. The van der Waals surface area contributed by atoms with Gasteiger partial charge in [-0.05, 0) is 29.8 Å². The van der Waals surface area contributed by atoms with Gasteiger partial charge < -0.3 is 9.84 Å². The second kappa shape index (κ2) is 8.16. The summed E-state index contributed by atoms with van der Waals surface area (Å²) in [6.45, 7) is 0. The van der Waals surface area contributed by atoms with Crippen LogP contribution in [0.4, 0.5) is 5.69 Å². The predicted molar refractivity (Wildman–Crippen MR) is 118 cm³/mol. The summed E-state index contributed by atoms with van der Waals surface area (Å²) in [7, 11) is 1.54. The highest BCUT2D eigenvalue weighted by Crippen LogP contribution is 2.42. The van der Waals surface area contributed by atoms with Crippen molar-refractivity contribution in [3.63, 3.8) is 0 Å². The van der Waals surface area contributed by atoms with E-state index >= 15 is 0 Å². The fourth-order valence-electron chi connectivity index (χ4n) is 3.57. The molecular formula is C24H18BrNO4. The van der Waals surface area contributed by atoms with Crippen LogP contribution < -0.4 is 9.64 Å².